The molecule has 0 aliphatic heterocycles. The molecule has 4 aromatic rings. The summed E-state index contributed by atoms with van der Waals surface area (Å²) in [5.41, 5.74) is 5.03. The van der Waals surface area contributed by atoms with Gasteiger partial charge in [0.2, 0.25) is 10.0 Å². The molecule has 0 saturated heterocycles. The van der Waals surface area contributed by atoms with Crippen LogP contribution in [0.5, 0.6) is 0 Å². The lowest BCUT2D eigenvalue weighted by Crippen LogP contribution is -2.13. The van der Waals surface area contributed by atoms with Crippen LogP contribution in [0.3, 0.4) is 0 Å². The molecule has 0 aliphatic carbocycles. The van der Waals surface area contributed by atoms with Crippen molar-refractivity contribution >= 4 is 22.2 Å². The van der Waals surface area contributed by atoms with Crippen molar-refractivity contribution in [2.24, 2.45) is 16.1 Å². The van der Waals surface area contributed by atoms with Crippen LogP contribution in [-0.4, -0.2) is 31.8 Å². The number of esters is 1. The molecule has 9 heteroatoms. The number of aromatic nitrogens is 1. The summed E-state index contributed by atoms with van der Waals surface area (Å²) in [5, 5.41) is 8.96. The molecule has 3 aromatic carbocycles. The molecule has 0 bridgehead atoms. The predicted molar refractivity (Wildman–Crippen MR) is 140 cm³/mol. The lowest BCUT2D eigenvalue weighted by Gasteiger charge is -2.09. The van der Waals surface area contributed by atoms with Crippen LogP contribution in [0.25, 0.3) is 22.3 Å². The third-order valence-electron chi connectivity index (χ3n) is 5.62. The van der Waals surface area contributed by atoms with Gasteiger partial charge in [-0.15, -0.1) is 0 Å². The first-order valence-corrected chi connectivity index (χ1v) is 12.8. The Morgan fingerprint density at radius 1 is 0.972 bits per heavy atom. The Morgan fingerprint density at radius 3 is 2.33 bits per heavy atom. The van der Waals surface area contributed by atoms with Gasteiger partial charge in [0.25, 0.3) is 0 Å². The Kier molecular flexibility index (Phi) is 7.33. The number of benzene rings is 3. The number of ether oxygens (including phenoxy) is 1. The predicted octanol–water partition coefficient (Wildman–Crippen LogP) is 3.99. The first kappa shape index (κ1) is 24.9. The summed E-state index contributed by atoms with van der Waals surface area (Å²) in [7, 11) is -3.88. The highest BCUT2D eigenvalue weighted by molar-refractivity contribution is 7.89. The van der Waals surface area contributed by atoms with Crippen molar-refractivity contribution in [3.8, 4) is 22.3 Å². The lowest BCUT2D eigenvalue weighted by molar-refractivity contribution is 0.0527. The molecule has 0 radical (unpaired) electrons. The highest BCUT2D eigenvalue weighted by atomic mass is 32.2. The number of hydrogen-bond donors (Lipinski definition) is 2. The minimum absolute atomic E-state index is 0.0537. The molecule has 36 heavy (non-hydrogen) atoms. The highest BCUT2D eigenvalue weighted by Gasteiger charge is 2.19. The second kappa shape index (κ2) is 10.6. The molecule has 0 unspecified atom stereocenters. The summed E-state index contributed by atoms with van der Waals surface area (Å²) < 4.78 is 31.2. The number of sulfonamides is 1. The lowest BCUT2D eigenvalue weighted by atomic mass is 10.00. The van der Waals surface area contributed by atoms with Gasteiger partial charge in [0, 0.05) is 30.1 Å². The topological polar surface area (TPSA) is 130 Å². The molecule has 0 atom stereocenters. The quantitative estimate of drug-likeness (QED) is 0.163. The van der Waals surface area contributed by atoms with E-state index < -0.39 is 16.0 Å². The van der Waals surface area contributed by atoms with Crippen molar-refractivity contribution < 1.29 is 17.9 Å². The van der Waals surface area contributed by atoms with Gasteiger partial charge >= 0.3 is 5.97 Å². The maximum Gasteiger partial charge on any atom is 0.340 e. The molecule has 1 heterocycles. The number of carbonyl (C=O) groups excluding carboxylic acids is 1. The van der Waals surface area contributed by atoms with E-state index in [1.807, 2.05) is 47.2 Å². The van der Waals surface area contributed by atoms with E-state index >= 15 is 0 Å². The largest absolute Gasteiger partial charge is 0.462 e. The first-order valence-electron chi connectivity index (χ1n) is 11.2. The Bertz CT molecular complexity index is 1520. The van der Waals surface area contributed by atoms with Crippen molar-refractivity contribution in [3.05, 3.63) is 102 Å². The van der Waals surface area contributed by atoms with E-state index in [1.165, 1.54) is 6.07 Å². The molecule has 184 valence electrons. The number of hydrogen-bond acceptors (Lipinski definition) is 6. The molecular weight excluding hydrogens is 476 g/mol. The summed E-state index contributed by atoms with van der Waals surface area (Å²) in [4.78, 5) is 12.8. The second-order valence-corrected chi connectivity index (χ2v) is 9.65. The summed E-state index contributed by atoms with van der Waals surface area (Å²) in [6, 6.07) is 21.6. The zero-order valence-electron chi connectivity index (χ0n) is 19.7. The van der Waals surface area contributed by atoms with Gasteiger partial charge in [-0.1, -0.05) is 60.7 Å². The second-order valence-electron chi connectivity index (χ2n) is 8.12. The monoisotopic (exact) mass is 502 g/mol. The zero-order chi connectivity index (χ0) is 25.7. The van der Waals surface area contributed by atoms with Crippen LogP contribution in [0, 0.1) is 0 Å². The third kappa shape index (κ3) is 5.54. The van der Waals surface area contributed by atoms with Crippen molar-refractivity contribution in [1.29, 1.82) is 0 Å². The molecule has 0 amide bonds. The molecule has 4 N–H and O–H groups in total. The summed E-state index contributed by atoms with van der Waals surface area (Å²) in [6.45, 7) is 2.54. The Balaban J connectivity index is 1.71. The summed E-state index contributed by atoms with van der Waals surface area (Å²) >= 11 is 0. The minimum Gasteiger partial charge on any atom is -0.462 e. The number of carbonyl (C=O) groups is 1. The molecule has 4 rings (SSSR count). The van der Waals surface area contributed by atoms with Crippen LogP contribution in [0.1, 0.15) is 28.4 Å². The zero-order valence-corrected chi connectivity index (χ0v) is 20.5. The first-order chi connectivity index (χ1) is 17.3. The molecule has 0 fully saturated rings. The number of rotatable bonds is 8. The van der Waals surface area contributed by atoms with E-state index in [1.54, 1.807) is 49.7 Å². The van der Waals surface area contributed by atoms with Gasteiger partial charge in [-0.25, -0.2) is 18.4 Å². The van der Waals surface area contributed by atoms with E-state index in [-0.39, 0.29) is 11.5 Å². The molecule has 0 saturated carbocycles. The van der Waals surface area contributed by atoms with Crippen molar-refractivity contribution in [1.82, 2.24) is 4.57 Å². The van der Waals surface area contributed by atoms with Crippen molar-refractivity contribution in [3.63, 3.8) is 0 Å². The molecule has 0 aliphatic rings. The smallest absolute Gasteiger partial charge is 0.340 e. The molecule has 0 spiro atoms. The third-order valence-corrected chi connectivity index (χ3v) is 6.58. The van der Waals surface area contributed by atoms with E-state index in [4.69, 9.17) is 15.7 Å². The summed E-state index contributed by atoms with van der Waals surface area (Å²) in [6.07, 6.45) is 5.23. The fraction of sp³-hybridized carbons (Fsp3) is 0.111. The normalized spacial score (nSPS) is 11.6. The average Bonchev–Trinajstić information content (AvgIpc) is 3.28. The summed E-state index contributed by atoms with van der Waals surface area (Å²) in [5.74, 6) is 4.85. The van der Waals surface area contributed by atoms with E-state index in [9.17, 15) is 13.2 Å². The van der Waals surface area contributed by atoms with Crippen LogP contribution in [0.15, 0.2) is 95.2 Å². The van der Waals surface area contributed by atoms with Gasteiger partial charge in [-0.3, -0.25) is 0 Å². The van der Waals surface area contributed by atoms with E-state index in [0.29, 0.717) is 28.8 Å². The molecule has 8 nitrogen and oxygen atoms in total. The maximum absolute atomic E-state index is 12.7. The fourth-order valence-electron chi connectivity index (χ4n) is 4.05. The van der Waals surface area contributed by atoms with Crippen LogP contribution >= 0.6 is 0 Å². The van der Waals surface area contributed by atoms with Gasteiger partial charge in [0.15, 0.2) is 0 Å². The van der Waals surface area contributed by atoms with Crippen molar-refractivity contribution in [2.75, 3.05) is 6.61 Å². The van der Waals surface area contributed by atoms with Gasteiger partial charge in [0.1, 0.15) is 0 Å². The number of nitrogens with zero attached hydrogens (tertiary/aromatic N) is 2. The maximum atomic E-state index is 12.7. The van der Waals surface area contributed by atoms with Gasteiger partial charge < -0.3 is 15.1 Å². The average molecular weight is 503 g/mol. The Labute approximate surface area is 209 Å². The highest BCUT2D eigenvalue weighted by Crippen LogP contribution is 2.31. The van der Waals surface area contributed by atoms with Crippen LogP contribution in [-0.2, 0) is 21.3 Å². The molecule has 1 aromatic heterocycles. The Morgan fingerprint density at radius 2 is 1.67 bits per heavy atom. The van der Waals surface area contributed by atoms with Crippen LogP contribution < -0.4 is 11.0 Å². The number of hydrazone groups is 1. The van der Waals surface area contributed by atoms with Crippen molar-refractivity contribution in [2.45, 2.75) is 18.4 Å². The van der Waals surface area contributed by atoms with E-state index in [2.05, 4.69) is 5.10 Å². The van der Waals surface area contributed by atoms with Gasteiger partial charge in [-0.2, -0.15) is 5.10 Å². The van der Waals surface area contributed by atoms with Crippen LogP contribution in [0.4, 0.5) is 0 Å². The standard InChI is InChI=1S/C27H26N4O4S/c1-2-35-27(32)25-18-31(16-20-7-5-6-19(14-20)15-30-28)17-24(25)22-12-10-21(11-13-22)23-8-3-4-9-26(23)36(29,33)34/h3-15,17-18H,2,16,28H2,1H3,(H2,29,33,34)/b30-15-. The van der Waals surface area contributed by atoms with Gasteiger partial charge in [-0.05, 0) is 41.3 Å². The van der Waals surface area contributed by atoms with Crippen LogP contribution in [0.2, 0.25) is 0 Å². The van der Waals surface area contributed by atoms with E-state index in [0.717, 1.165) is 16.7 Å². The SMILES string of the molecule is CCOC(=O)c1cn(Cc2cccc(/C=N\N)c2)cc1-c1ccc(-c2ccccc2S(N)(=O)=O)cc1. The number of nitrogens with two attached hydrogens (primary N) is 2. The number of primary sulfonamides is 1. The molecular formula is C27H26N4O4S. The van der Waals surface area contributed by atoms with Gasteiger partial charge in [0.05, 0.1) is 23.3 Å². The minimum atomic E-state index is -3.88. The fourth-order valence-corrected chi connectivity index (χ4v) is 4.81. The Hall–Kier alpha value is -4.21.